The van der Waals surface area contributed by atoms with Gasteiger partial charge in [0.2, 0.25) is 0 Å². The van der Waals surface area contributed by atoms with Gasteiger partial charge in [0.25, 0.3) is 0 Å². The third-order valence-corrected chi connectivity index (χ3v) is 5.30. The Kier molecular flexibility index (Phi) is 3.79. The Morgan fingerprint density at radius 2 is 1.95 bits per heavy atom. The smallest absolute Gasteiger partial charge is 0.100 e. The van der Waals surface area contributed by atoms with Crippen LogP contribution in [0.1, 0.15) is 44.1 Å². The van der Waals surface area contributed by atoms with E-state index in [1.54, 1.807) is 0 Å². The van der Waals surface area contributed by atoms with Crippen molar-refractivity contribution in [1.82, 2.24) is 0 Å². The predicted molar refractivity (Wildman–Crippen MR) is 81.2 cm³/mol. The van der Waals surface area contributed by atoms with Crippen LogP contribution in [-0.2, 0) is 0 Å². The number of hydrogen-bond acceptors (Lipinski definition) is 2. The van der Waals surface area contributed by atoms with Gasteiger partial charge in [-0.05, 0) is 65.7 Å². The lowest BCUT2D eigenvalue weighted by Crippen LogP contribution is -2.46. The molecule has 3 heteroatoms. The third-order valence-electron chi connectivity index (χ3n) is 4.65. The maximum absolute atomic E-state index is 9.01. The van der Waals surface area contributed by atoms with Crippen LogP contribution in [0.4, 0.5) is 5.69 Å². The Morgan fingerprint density at radius 3 is 2.74 bits per heavy atom. The van der Waals surface area contributed by atoms with Crippen LogP contribution in [-0.4, -0.2) is 12.6 Å². The Labute approximate surface area is 123 Å². The minimum absolute atomic E-state index is 0.723. The zero-order valence-corrected chi connectivity index (χ0v) is 12.7. The summed E-state index contributed by atoms with van der Waals surface area (Å²) in [4.78, 5) is 2.58. The molecule has 0 N–H and O–H groups in total. The normalized spacial score (nSPS) is 26.6. The summed E-state index contributed by atoms with van der Waals surface area (Å²) in [6.07, 6.45) is 8.22. The number of nitrogens with zero attached hydrogens (tertiary/aromatic N) is 2. The lowest BCUT2D eigenvalue weighted by Gasteiger charge is -2.45. The van der Waals surface area contributed by atoms with Crippen molar-refractivity contribution < 1.29 is 0 Å². The number of rotatable bonds is 1. The van der Waals surface area contributed by atoms with E-state index in [-0.39, 0.29) is 0 Å². The largest absolute Gasteiger partial charge is 0.368 e. The van der Waals surface area contributed by atoms with E-state index in [2.05, 4.69) is 39.0 Å². The molecule has 2 unspecified atom stereocenters. The van der Waals surface area contributed by atoms with Gasteiger partial charge < -0.3 is 4.90 Å². The second-order valence-electron chi connectivity index (χ2n) is 5.72. The maximum atomic E-state index is 9.01. The van der Waals surface area contributed by atoms with Crippen molar-refractivity contribution in [3.8, 4) is 6.07 Å². The third kappa shape index (κ3) is 2.51. The first-order chi connectivity index (χ1) is 9.29. The minimum atomic E-state index is 0.723. The highest BCUT2D eigenvalue weighted by Gasteiger charge is 2.33. The summed E-state index contributed by atoms with van der Waals surface area (Å²) in [5.41, 5.74) is 2.00. The van der Waals surface area contributed by atoms with E-state index in [1.165, 1.54) is 50.8 Å². The van der Waals surface area contributed by atoms with E-state index in [0.717, 1.165) is 22.0 Å². The van der Waals surface area contributed by atoms with Crippen LogP contribution in [0.2, 0.25) is 0 Å². The summed E-state index contributed by atoms with van der Waals surface area (Å²) >= 11 is 3.51. The number of piperidine rings is 1. The van der Waals surface area contributed by atoms with E-state index >= 15 is 0 Å². The van der Waals surface area contributed by atoms with Crippen molar-refractivity contribution in [1.29, 1.82) is 5.26 Å². The first-order valence-electron chi connectivity index (χ1n) is 7.26. The number of anilines is 1. The number of fused-ring (bicyclic) bond motifs is 1. The summed E-state index contributed by atoms with van der Waals surface area (Å²) in [6, 6.07) is 9.11. The molecule has 1 aliphatic carbocycles. The Hall–Kier alpha value is -1.01. The van der Waals surface area contributed by atoms with Crippen LogP contribution in [0.25, 0.3) is 0 Å². The second-order valence-corrected chi connectivity index (χ2v) is 6.58. The lowest BCUT2D eigenvalue weighted by atomic mass is 9.78. The van der Waals surface area contributed by atoms with Crippen molar-refractivity contribution in [3.63, 3.8) is 0 Å². The Bertz CT molecular complexity index is 504. The molecule has 2 aliphatic rings. The van der Waals surface area contributed by atoms with E-state index in [0.29, 0.717) is 0 Å². The fourth-order valence-corrected chi connectivity index (χ4v) is 4.17. The molecule has 1 saturated carbocycles. The van der Waals surface area contributed by atoms with Crippen LogP contribution in [0.15, 0.2) is 22.7 Å². The molecule has 19 heavy (non-hydrogen) atoms. The van der Waals surface area contributed by atoms with Gasteiger partial charge >= 0.3 is 0 Å². The van der Waals surface area contributed by atoms with Crippen molar-refractivity contribution in [3.05, 3.63) is 28.2 Å². The molecule has 1 saturated heterocycles. The average Bonchev–Trinajstić information content (AvgIpc) is 2.46. The van der Waals surface area contributed by atoms with Crippen LogP contribution < -0.4 is 4.90 Å². The Balaban J connectivity index is 1.88. The lowest BCUT2D eigenvalue weighted by molar-refractivity contribution is 0.244. The fourth-order valence-electron chi connectivity index (χ4n) is 3.72. The van der Waals surface area contributed by atoms with E-state index in [4.69, 9.17) is 5.26 Å². The van der Waals surface area contributed by atoms with Gasteiger partial charge in [0.1, 0.15) is 6.07 Å². The first-order valence-corrected chi connectivity index (χ1v) is 8.05. The molecule has 100 valence electrons. The standard InChI is InChI=1S/C16H19BrN2/c17-15-10-14(8-7-13(15)11-18)19-9-3-5-12-4-1-2-6-16(12)19/h7-8,10,12,16H,1-6,9H2. The summed E-state index contributed by atoms with van der Waals surface area (Å²) in [6.45, 7) is 1.17. The summed E-state index contributed by atoms with van der Waals surface area (Å²) < 4.78 is 0.922. The van der Waals surface area contributed by atoms with Gasteiger partial charge in [0.15, 0.2) is 0 Å². The molecule has 3 rings (SSSR count). The second kappa shape index (κ2) is 5.54. The SMILES string of the molecule is N#Cc1ccc(N2CCCC3CCCCC32)cc1Br. The average molecular weight is 319 g/mol. The van der Waals surface area contributed by atoms with E-state index in [9.17, 15) is 0 Å². The van der Waals surface area contributed by atoms with Crippen molar-refractivity contribution in [2.75, 3.05) is 11.4 Å². The zero-order valence-electron chi connectivity index (χ0n) is 11.1. The molecule has 1 aliphatic heterocycles. The molecular formula is C16H19BrN2. The molecule has 1 aromatic rings. The van der Waals surface area contributed by atoms with E-state index in [1.807, 2.05) is 6.07 Å². The molecule has 2 fully saturated rings. The highest BCUT2D eigenvalue weighted by Crippen LogP contribution is 2.38. The number of nitriles is 1. The van der Waals surface area contributed by atoms with Gasteiger partial charge in [-0.25, -0.2) is 0 Å². The highest BCUT2D eigenvalue weighted by molar-refractivity contribution is 9.10. The van der Waals surface area contributed by atoms with Crippen LogP contribution in [0.5, 0.6) is 0 Å². The molecule has 0 bridgehead atoms. The summed E-state index contributed by atoms with van der Waals surface area (Å²) in [5, 5.41) is 9.01. The van der Waals surface area contributed by atoms with Crippen molar-refractivity contribution in [2.45, 2.75) is 44.6 Å². The van der Waals surface area contributed by atoms with Gasteiger partial charge in [0, 0.05) is 22.7 Å². The molecule has 0 radical (unpaired) electrons. The molecule has 0 amide bonds. The predicted octanol–water partition coefficient (Wildman–Crippen LogP) is 4.48. The van der Waals surface area contributed by atoms with Gasteiger partial charge in [-0.15, -0.1) is 0 Å². The number of benzene rings is 1. The molecular weight excluding hydrogens is 300 g/mol. The fraction of sp³-hybridized carbons (Fsp3) is 0.562. The Morgan fingerprint density at radius 1 is 1.16 bits per heavy atom. The molecule has 1 heterocycles. The van der Waals surface area contributed by atoms with Gasteiger partial charge in [-0.3, -0.25) is 0 Å². The first kappa shape index (κ1) is 13.0. The zero-order chi connectivity index (χ0) is 13.2. The van der Waals surface area contributed by atoms with Crippen LogP contribution in [0.3, 0.4) is 0 Å². The molecule has 0 spiro atoms. The van der Waals surface area contributed by atoms with Crippen LogP contribution in [0, 0.1) is 17.2 Å². The maximum Gasteiger partial charge on any atom is 0.100 e. The molecule has 2 nitrogen and oxygen atoms in total. The van der Waals surface area contributed by atoms with Crippen LogP contribution >= 0.6 is 15.9 Å². The van der Waals surface area contributed by atoms with E-state index < -0.39 is 0 Å². The summed E-state index contributed by atoms with van der Waals surface area (Å²) in [7, 11) is 0. The van der Waals surface area contributed by atoms with Crippen molar-refractivity contribution >= 4 is 21.6 Å². The minimum Gasteiger partial charge on any atom is -0.368 e. The topological polar surface area (TPSA) is 27.0 Å². The molecule has 2 atom stereocenters. The van der Waals surface area contributed by atoms with Crippen molar-refractivity contribution in [2.24, 2.45) is 5.92 Å². The number of halogens is 1. The van der Waals surface area contributed by atoms with Gasteiger partial charge in [-0.2, -0.15) is 5.26 Å². The monoisotopic (exact) mass is 318 g/mol. The molecule has 1 aromatic carbocycles. The summed E-state index contributed by atoms with van der Waals surface area (Å²) in [5.74, 6) is 0.886. The van der Waals surface area contributed by atoms with Gasteiger partial charge in [-0.1, -0.05) is 12.8 Å². The molecule has 0 aromatic heterocycles. The highest BCUT2D eigenvalue weighted by atomic mass is 79.9. The quantitative estimate of drug-likeness (QED) is 0.763. The van der Waals surface area contributed by atoms with Gasteiger partial charge in [0.05, 0.1) is 5.56 Å². The number of hydrogen-bond donors (Lipinski definition) is 0.